The highest BCUT2D eigenvalue weighted by atomic mass is 16.5. The second kappa shape index (κ2) is 12.2. The number of pyridine rings is 2. The van der Waals surface area contributed by atoms with Gasteiger partial charge < -0.3 is 19.5 Å². The van der Waals surface area contributed by atoms with Crippen LogP contribution in [0.3, 0.4) is 0 Å². The van der Waals surface area contributed by atoms with Gasteiger partial charge in [0.05, 0.1) is 19.8 Å². The average molecular weight is 509 g/mol. The van der Waals surface area contributed by atoms with Gasteiger partial charge in [-0.25, -0.2) is 9.78 Å². The molecule has 2 atom stereocenters. The van der Waals surface area contributed by atoms with E-state index in [1.165, 1.54) is 5.56 Å². The first kappa shape index (κ1) is 25.9. The summed E-state index contributed by atoms with van der Waals surface area (Å²) in [6.45, 7) is 5.48. The molecule has 0 bridgehead atoms. The number of fused-ring (bicyclic) bond motifs is 1. The molecule has 4 heterocycles. The van der Waals surface area contributed by atoms with Crippen LogP contribution in [0.5, 0.6) is 5.75 Å². The summed E-state index contributed by atoms with van der Waals surface area (Å²) in [4.78, 5) is 24.7. The maximum atomic E-state index is 13.1. The molecular weight excluding hydrogens is 468 g/mol. The summed E-state index contributed by atoms with van der Waals surface area (Å²) in [6.07, 6.45) is 10.2. The Balaban J connectivity index is 1.12. The maximum absolute atomic E-state index is 13.1. The summed E-state index contributed by atoms with van der Waals surface area (Å²) < 4.78 is 17.4. The van der Waals surface area contributed by atoms with Crippen molar-refractivity contribution in [3.63, 3.8) is 0 Å². The fourth-order valence-corrected chi connectivity index (χ4v) is 5.60. The summed E-state index contributed by atoms with van der Waals surface area (Å²) in [5, 5.41) is 3.41. The smallest absolute Gasteiger partial charge is 0.328 e. The highest BCUT2D eigenvalue weighted by Crippen LogP contribution is 2.43. The topological polar surface area (TPSA) is 85.8 Å². The normalized spacial score (nSPS) is 20.2. The molecule has 0 spiro atoms. The summed E-state index contributed by atoms with van der Waals surface area (Å²) in [5.41, 5.74) is 4.33. The molecule has 0 amide bonds. The van der Waals surface area contributed by atoms with Crippen LogP contribution in [0.1, 0.15) is 79.9 Å². The Morgan fingerprint density at radius 2 is 2.16 bits per heavy atom. The van der Waals surface area contributed by atoms with E-state index < -0.39 is 6.04 Å². The molecule has 2 fully saturated rings. The zero-order valence-corrected chi connectivity index (χ0v) is 22.2. The number of nitrogens with zero attached hydrogens (tertiary/aromatic N) is 3. The summed E-state index contributed by atoms with van der Waals surface area (Å²) in [7, 11) is 1.74. The SMILES string of the molecule is CCOC(=O)C(c1cccnc1C1CC1)N1CC[C@@H](OCCCCc2cc(OC)c3c(n2)NCCC3)C1. The summed E-state index contributed by atoms with van der Waals surface area (Å²) in [6, 6.07) is 5.67. The first-order chi connectivity index (χ1) is 18.2. The van der Waals surface area contributed by atoms with Crippen LogP contribution < -0.4 is 10.1 Å². The third kappa shape index (κ3) is 6.24. The number of aromatic nitrogens is 2. The molecule has 2 aliphatic heterocycles. The molecule has 3 aliphatic rings. The Morgan fingerprint density at radius 1 is 1.27 bits per heavy atom. The Labute approximate surface area is 220 Å². The molecule has 1 N–H and O–H groups in total. The van der Waals surface area contributed by atoms with Gasteiger partial charge in [0.2, 0.25) is 0 Å². The standard InChI is InChI=1S/C29H40N4O4/c1-3-36-29(34)27(24-10-7-14-30-26(24)20-11-12-20)33-16-13-22(19-33)37-17-5-4-8-21-18-25(35-2)23-9-6-15-31-28(23)32-21/h7,10,14,18,20,22,27H,3-6,8-9,11-13,15-17,19H2,1-2H3,(H,31,32)/t22-,27?/m1/s1. The van der Waals surface area contributed by atoms with Crippen molar-refractivity contribution in [3.8, 4) is 5.75 Å². The van der Waals surface area contributed by atoms with E-state index in [0.717, 1.165) is 99.5 Å². The minimum absolute atomic E-state index is 0.129. The van der Waals surface area contributed by atoms with Crippen molar-refractivity contribution >= 4 is 11.8 Å². The highest BCUT2D eigenvalue weighted by molar-refractivity contribution is 5.78. The van der Waals surface area contributed by atoms with Crippen molar-refractivity contribution in [2.75, 3.05) is 45.3 Å². The van der Waals surface area contributed by atoms with E-state index in [2.05, 4.69) is 27.3 Å². The number of anilines is 1. The molecule has 1 saturated carbocycles. The second-order valence-electron chi connectivity index (χ2n) is 10.3. The van der Waals surface area contributed by atoms with Crippen molar-refractivity contribution in [1.29, 1.82) is 0 Å². The lowest BCUT2D eigenvalue weighted by Gasteiger charge is -2.27. The van der Waals surface area contributed by atoms with Crippen LogP contribution in [0, 0.1) is 0 Å². The molecule has 2 aromatic heterocycles. The van der Waals surface area contributed by atoms with E-state index >= 15 is 0 Å². The van der Waals surface area contributed by atoms with Crippen molar-refractivity contribution in [3.05, 3.63) is 46.9 Å². The van der Waals surface area contributed by atoms with Crippen molar-refractivity contribution in [1.82, 2.24) is 14.9 Å². The summed E-state index contributed by atoms with van der Waals surface area (Å²) >= 11 is 0. The second-order valence-corrected chi connectivity index (χ2v) is 10.3. The number of carbonyl (C=O) groups excluding carboxylic acids is 1. The molecule has 0 radical (unpaired) electrons. The lowest BCUT2D eigenvalue weighted by molar-refractivity contribution is -0.149. The molecule has 1 aliphatic carbocycles. The number of methoxy groups -OCH3 is 1. The molecule has 200 valence electrons. The van der Waals surface area contributed by atoms with Gasteiger partial charge in [-0.15, -0.1) is 0 Å². The van der Waals surface area contributed by atoms with Gasteiger partial charge in [0.1, 0.15) is 17.6 Å². The van der Waals surface area contributed by atoms with Crippen LogP contribution in [0.2, 0.25) is 0 Å². The average Bonchev–Trinajstić information content (AvgIpc) is 3.67. The highest BCUT2D eigenvalue weighted by Gasteiger charge is 2.39. The zero-order chi connectivity index (χ0) is 25.6. The Morgan fingerprint density at radius 3 is 2.97 bits per heavy atom. The van der Waals surface area contributed by atoms with E-state index in [1.807, 2.05) is 19.2 Å². The van der Waals surface area contributed by atoms with Crippen molar-refractivity contribution < 1.29 is 19.0 Å². The van der Waals surface area contributed by atoms with E-state index in [0.29, 0.717) is 19.1 Å². The number of hydrogen-bond donors (Lipinski definition) is 1. The number of hydrogen-bond acceptors (Lipinski definition) is 8. The van der Waals surface area contributed by atoms with Crippen molar-refractivity contribution in [2.45, 2.75) is 76.4 Å². The lowest BCUT2D eigenvalue weighted by Crippen LogP contribution is -2.35. The molecule has 5 rings (SSSR count). The zero-order valence-electron chi connectivity index (χ0n) is 22.2. The molecular formula is C29H40N4O4. The van der Waals surface area contributed by atoms with E-state index in [4.69, 9.17) is 19.2 Å². The number of ether oxygens (including phenoxy) is 3. The van der Waals surface area contributed by atoms with Gasteiger partial charge in [-0.3, -0.25) is 9.88 Å². The number of carbonyl (C=O) groups is 1. The number of aryl methyl sites for hydroxylation is 1. The van der Waals surface area contributed by atoms with Gasteiger partial charge >= 0.3 is 5.97 Å². The molecule has 8 nitrogen and oxygen atoms in total. The lowest BCUT2D eigenvalue weighted by atomic mass is 10.0. The van der Waals surface area contributed by atoms with E-state index in [-0.39, 0.29) is 12.1 Å². The molecule has 1 unspecified atom stereocenters. The van der Waals surface area contributed by atoms with Gasteiger partial charge in [0.25, 0.3) is 0 Å². The molecule has 0 aromatic carbocycles. The number of unbranched alkanes of at least 4 members (excludes halogenated alkanes) is 1. The Kier molecular flexibility index (Phi) is 8.56. The Hall–Kier alpha value is -2.71. The van der Waals surface area contributed by atoms with Crippen LogP contribution in [0.4, 0.5) is 5.82 Å². The predicted molar refractivity (Wildman–Crippen MR) is 142 cm³/mol. The maximum Gasteiger partial charge on any atom is 0.328 e. The number of rotatable bonds is 12. The van der Waals surface area contributed by atoms with Crippen molar-refractivity contribution in [2.24, 2.45) is 0 Å². The van der Waals surface area contributed by atoms with Gasteiger partial charge in [-0.1, -0.05) is 6.07 Å². The molecule has 37 heavy (non-hydrogen) atoms. The first-order valence-electron chi connectivity index (χ1n) is 14.0. The number of esters is 1. The monoisotopic (exact) mass is 508 g/mol. The third-order valence-electron chi connectivity index (χ3n) is 7.61. The predicted octanol–water partition coefficient (Wildman–Crippen LogP) is 4.44. The minimum atomic E-state index is -0.406. The van der Waals surface area contributed by atoms with E-state index in [1.54, 1.807) is 7.11 Å². The van der Waals surface area contributed by atoms with Crippen LogP contribution in [-0.4, -0.2) is 66.9 Å². The van der Waals surface area contributed by atoms with E-state index in [9.17, 15) is 4.79 Å². The largest absolute Gasteiger partial charge is 0.496 e. The van der Waals surface area contributed by atoms with Crippen LogP contribution in [-0.2, 0) is 27.1 Å². The molecule has 8 heteroatoms. The first-order valence-corrected chi connectivity index (χ1v) is 14.0. The van der Waals surface area contributed by atoms with Crippen LogP contribution >= 0.6 is 0 Å². The number of nitrogens with one attached hydrogen (secondary N) is 1. The fraction of sp³-hybridized carbons (Fsp3) is 0.621. The van der Waals surface area contributed by atoms with Crippen LogP contribution in [0.15, 0.2) is 24.4 Å². The van der Waals surface area contributed by atoms with Crippen LogP contribution in [0.25, 0.3) is 0 Å². The van der Waals surface area contributed by atoms with Gasteiger partial charge in [-0.2, -0.15) is 0 Å². The van der Waals surface area contributed by atoms with Gasteiger partial charge in [-0.05, 0) is 64.4 Å². The molecule has 2 aromatic rings. The van der Waals surface area contributed by atoms with Gasteiger partial charge in [0.15, 0.2) is 0 Å². The molecule has 1 saturated heterocycles. The fourth-order valence-electron chi connectivity index (χ4n) is 5.60. The Bertz CT molecular complexity index is 1060. The minimum Gasteiger partial charge on any atom is -0.496 e. The third-order valence-corrected chi connectivity index (χ3v) is 7.61. The quantitative estimate of drug-likeness (QED) is 0.333. The number of likely N-dealkylation sites (tertiary alicyclic amines) is 1. The summed E-state index contributed by atoms with van der Waals surface area (Å²) in [5.74, 6) is 2.23. The van der Waals surface area contributed by atoms with Gasteiger partial charge in [0, 0.05) is 66.9 Å².